The van der Waals surface area contributed by atoms with Crippen LogP contribution >= 0.6 is 0 Å². The van der Waals surface area contributed by atoms with Gasteiger partial charge in [-0.2, -0.15) is 0 Å². The average Bonchev–Trinajstić information content (AvgIpc) is 2.32. The number of carboxylic acid groups (broad SMARTS) is 1. The van der Waals surface area contributed by atoms with Gasteiger partial charge in [0.2, 0.25) is 0 Å². The molecule has 0 saturated carbocycles. The third kappa shape index (κ3) is 3.23. The Labute approximate surface area is 113 Å². The first-order valence-electron chi connectivity index (χ1n) is 6.63. The molecule has 1 fully saturated rings. The van der Waals surface area contributed by atoms with Gasteiger partial charge >= 0.3 is 5.97 Å². The highest BCUT2D eigenvalue weighted by atomic mass is 16.4. The molecule has 1 aromatic rings. The Hall–Kier alpha value is -1.62. The van der Waals surface area contributed by atoms with Crippen molar-refractivity contribution >= 4 is 11.8 Å². The van der Waals surface area contributed by atoms with Crippen LogP contribution in [0.3, 0.4) is 0 Å². The first-order valence-corrected chi connectivity index (χ1v) is 6.63. The Bertz CT molecular complexity index is 476. The molecule has 19 heavy (non-hydrogen) atoms. The van der Waals surface area contributed by atoms with E-state index in [1.54, 1.807) is 12.1 Å². The van der Waals surface area contributed by atoms with Crippen LogP contribution in [0.1, 0.15) is 29.4 Å². The fourth-order valence-electron chi connectivity index (χ4n) is 2.58. The van der Waals surface area contributed by atoms with Gasteiger partial charge in [-0.25, -0.2) is 9.78 Å². The number of carbonyl (C=O) groups is 1. The Morgan fingerprint density at radius 3 is 2.89 bits per heavy atom. The number of aryl methyl sites for hydroxylation is 1. The molecule has 2 atom stereocenters. The van der Waals surface area contributed by atoms with E-state index in [4.69, 9.17) is 0 Å². The third-order valence-corrected chi connectivity index (χ3v) is 3.70. The number of pyridine rings is 1. The van der Waals surface area contributed by atoms with E-state index in [9.17, 15) is 9.90 Å². The second-order valence-electron chi connectivity index (χ2n) is 5.43. The van der Waals surface area contributed by atoms with E-state index in [-0.39, 0.29) is 11.6 Å². The molecule has 1 aliphatic rings. The molecule has 1 aliphatic heterocycles. The van der Waals surface area contributed by atoms with Crippen molar-refractivity contribution in [3.8, 4) is 0 Å². The van der Waals surface area contributed by atoms with Gasteiger partial charge in [0.25, 0.3) is 0 Å². The molecule has 5 heteroatoms. The van der Waals surface area contributed by atoms with Gasteiger partial charge in [0.1, 0.15) is 11.4 Å². The lowest BCUT2D eigenvalue weighted by Gasteiger charge is -2.35. The van der Waals surface area contributed by atoms with E-state index < -0.39 is 5.97 Å². The predicted molar refractivity (Wildman–Crippen MR) is 74.6 cm³/mol. The molecule has 1 aromatic heterocycles. The molecule has 104 valence electrons. The smallest absolute Gasteiger partial charge is 0.339 e. The van der Waals surface area contributed by atoms with Gasteiger partial charge in [0, 0.05) is 18.3 Å². The lowest BCUT2D eigenvalue weighted by Crippen LogP contribution is -2.43. The molecule has 0 amide bonds. The molecule has 0 radical (unpaired) electrons. The first kappa shape index (κ1) is 13.8. The van der Waals surface area contributed by atoms with Crippen LogP contribution in [0.2, 0.25) is 0 Å². The van der Waals surface area contributed by atoms with Crippen LogP contribution in [0, 0.1) is 12.8 Å². The summed E-state index contributed by atoms with van der Waals surface area (Å²) in [5, 5.41) is 12.5. The van der Waals surface area contributed by atoms with Gasteiger partial charge < -0.3 is 15.3 Å². The number of piperidine rings is 1. The van der Waals surface area contributed by atoms with E-state index in [1.807, 2.05) is 6.92 Å². The number of nitrogens with one attached hydrogen (secondary N) is 1. The average molecular weight is 263 g/mol. The number of rotatable bonds is 3. The largest absolute Gasteiger partial charge is 0.478 e. The van der Waals surface area contributed by atoms with E-state index in [1.165, 1.54) is 0 Å². The van der Waals surface area contributed by atoms with Gasteiger partial charge in [-0.05, 0) is 45.0 Å². The summed E-state index contributed by atoms with van der Waals surface area (Å²) in [5.41, 5.74) is 1.07. The van der Waals surface area contributed by atoms with Crippen molar-refractivity contribution in [1.82, 2.24) is 9.88 Å². The maximum atomic E-state index is 11.2. The minimum Gasteiger partial charge on any atom is -0.478 e. The summed E-state index contributed by atoms with van der Waals surface area (Å²) >= 11 is 0. The summed E-state index contributed by atoms with van der Waals surface area (Å²) in [6.07, 6.45) is 1.01. The third-order valence-electron chi connectivity index (χ3n) is 3.70. The summed E-state index contributed by atoms with van der Waals surface area (Å²) in [6.45, 7) is 6.10. The zero-order valence-electron chi connectivity index (χ0n) is 11.7. The number of hydrogen-bond acceptors (Lipinski definition) is 4. The molecule has 0 aromatic carbocycles. The molecule has 0 aliphatic carbocycles. The molecule has 1 saturated heterocycles. The summed E-state index contributed by atoms with van der Waals surface area (Å²) < 4.78 is 0. The molecule has 2 unspecified atom stereocenters. The van der Waals surface area contributed by atoms with Gasteiger partial charge in [0.05, 0.1) is 0 Å². The SMILES string of the molecule is Cc1ccc(C(=O)O)c(NC2CCN(C)CC2C)n1. The molecule has 2 rings (SSSR count). The van der Waals surface area contributed by atoms with Crippen LogP contribution in [0.15, 0.2) is 12.1 Å². The fourth-order valence-corrected chi connectivity index (χ4v) is 2.58. The number of carboxylic acids is 1. The zero-order chi connectivity index (χ0) is 14.0. The van der Waals surface area contributed by atoms with Gasteiger partial charge in [0.15, 0.2) is 0 Å². The highest BCUT2D eigenvalue weighted by Crippen LogP contribution is 2.22. The summed E-state index contributed by atoms with van der Waals surface area (Å²) in [5.74, 6) is 0.0344. The Kier molecular flexibility index (Phi) is 4.04. The van der Waals surface area contributed by atoms with Gasteiger partial charge in [-0.1, -0.05) is 6.92 Å². The summed E-state index contributed by atoms with van der Waals surface area (Å²) in [7, 11) is 2.11. The summed E-state index contributed by atoms with van der Waals surface area (Å²) in [4.78, 5) is 17.9. The fraction of sp³-hybridized carbons (Fsp3) is 0.571. The Morgan fingerprint density at radius 1 is 1.53 bits per heavy atom. The number of aromatic nitrogens is 1. The molecular formula is C14H21N3O2. The van der Waals surface area contributed by atoms with Crippen LogP contribution in [0.4, 0.5) is 5.82 Å². The Morgan fingerprint density at radius 2 is 2.26 bits per heavy atom. The van der Waals surface area contributed by atoms with Crippen molar-refractivity contribution in [2.45, 2.75) is 26.3 Å². The molecular weight excluding hydrogens is 242 g/mol. The van der Waals surface area contributed by atoms with Gasteiger partial charge in [-0.3, -0.25) is 0 Å². The minimum atomic E-state index is -0.935. The van der Waals surface area contributed by atoms with Crippen molar-refractivity contribution < 1.29 is 9.90 Å². The second kappa shape index (κ2) is 5.57. The van der Waals surface area contributed by atoms with E-state index in [2.05, 4.69) is 29.2 Å². The van der Waals surface area contributed by atoms with E-state index in [0.717, 1.165) is 25.2 Å². The number of nitrogens with zero attached hydrogens (tertiary/aromatic N) is 2. The number of likely N-dealkylation sites (tertiary alicyclic amines) is 1. The number of aromatic carboxylic acids is 1. The molecule has 2 heterocycles. The molecule has 0 spiro atoms. The number of anilines is 1. The number of hydrogen-bond donors (Lipinski definition) is 2. The van der Waals surface area contributed by atoms with Crippen LogP contribution in [0.25, 0.3) is 0 Å². The van der Waals surface area contributed by atoms with Crippen molar-refractivity contribution in [3.05, 3.63) is 23.4 Å². The normalized spacial score (nSPS) is 24.2. The highest BCUT2D eigenvalue weighted by molar-refractivity contribution is 5.93. The van der Waals surface area contributed by atoms with Crippen molar-refractivity contribution in [2.24, 2.45) is 5.92 Å². The molecule has 5 nitrogen and oxygen atoms in total. The monoisotopic (exact) mass is 263 g/mol. The lowest BCUT2D eigenvalue weighted by atomic mass is 9.94. The Balaban J connectivity index is 2.18. The van der Waals surface area contributed by atoms with Crippen molar-refractivity contribution in [3.63, 3.8) is 0 Å². The van der Waals surface area contributed by atoms with Crippen molar-refractivity contribution in [1.29, 1.82) is 0 Å². The predicted octanol–water partition coefficient (Wildman–Crippen LogP) is 1.84. The van der Waals surface area contributed by atoms with Crippen molar-refractivity contribution in [2.75, 3.05) is 25.5 Å². The zero-order valence-corrected chi connectivity index (χ0v) is 11.7. The molecule has 2 N–H and O–H groups in total. The summed E-state index contributed by atoms with van der Waals surface area (Å²) in [6, 6.07) is 3.63. The highest BCUT2D eigenvalue weighted by Gasteiger charge is 2.25. The second-order valence-corrected chi connectivity index (χ2v) is 5.43. The van der Waals surface area contributed by atoms with Crippen LogP contribution in [0.5, 0.6) is 0 Å². The van der Waals surface area contributed by atoms with Crippen LogP contribution in [-0.2, 0) is 0 Å². The van der Waals surface area contributed by atoms with Gasteiger partial charge in [-0.15, -0.1) is 0 Å². The quantitative estimate of drug-likeness (QED) is 0.871. The van der Waals surface area contributed by atoms with E-state index in [0.29, 0.717) is 11.7 Å². The maximum absolute atomic E-state index is 11.2. The first-order chi connectivity index (χ1) is 8.97. The van der Waals surface area contributed by atoms with Crippen LogP contribution < -0.4 is 5.32 Å². The topological polar surface area (TPSA) is 65.5 Å². The van der Waals surface area contributed by atoms with Crippen LogP contribution in [-0.4, -0.2) is 47.1 Å². The minimum absolute atomic E-state index is 0.247. The standard InChI is InChI=1S/C14H21N3O2/c1-9-8-17(3)7-6-12(9)16-13-11(14(18)19)5-4-10(2)15-13/h4-5,9,12H,6-8H2,1-3H3,(H,15,16)(H,18,19). The van der Waals surface area contributed by atoms with E-state index >= 15 is 0 Å². The lowest BCUT2D eigenvalue weighted by molar-refractivity contribution is 0.0697. The maximum Gasteiger partial charge on any atom is 0.339 e. The molecule has 0 bridgehead atoms.